The van der Waals surface area contributed by atoms with Gasteiger partial charge < -0.3 is 34.0 Å². The number of phosphoric acid groups is 1. The van der Waals surface area contributed by atoms with Crippen molar-refractivity contribution in [2.75, 3.05) is 33.5 Å². The van der Waals surface area contributed by atoms with Crippen LogP contribution in [0.5, 0.6) is 11.5 Å². The van der Waals surface area contributed by atoms with Crippen LogP contribution in [-0.2, 0) is 20.2 Å². The third-order valence-electron chi connectivity index (χ3n) is 2.01. The SMILES string of the molecule is COCCOCCOc1ccc(I(=O)=O)c(O)c1.O=P(O)(O)O. The molecular formula is C11H18IO10P. The van der Waals surface area contributed by atoms with Crippen molar-refractivity contribution in [1.82, 2.24) is 0 Å². The molecule has 0 aliphatic carbocycles. The Labute approximate surface area is 139 Å². The van der Waals surface area contributed by atoms with E-state index in [0.717, 1.165) is 0 Å². The van der Waals surface area contributed by atoms with Gasteiger partial charge >= 0.3 is 27.6 Å². The summed E-state index contributed by atoms with van der Waals surface area (Å²) in [5.74, 6) is 0.132. The highest BCUT2D eigenvalue weighted by atomic mass is 127. The third-order valence-corrected chi connectivity index (χ3v) is 3.87. The summed E-state index contributed by atoms with van der Waals surface area (Å²) in [5.41, 5.74) is 0. The van der Waals surface area contributed by atoms with Gasteiger partial charge in [0.1, 0.15) is 21.7 Å². The molecule has 0 amide bonds. The molecule has 4 N–H and O–H groups in total. The van der Waals surface area contributed by atoms with Crippen LogP contribution in [0.25, 0.3) is 0 Å². The lowest BCUT2D eigenvalue weighted by Crippen LogP contribution is -2.09. The second kappa shape index (κ2) is 11.7. The molecule has 10 nitrogen and oxygen atoms in total. The number of ether oxygens (including phenoxy) is 3. The summed E-state index contributed by atoms with van der Waals surface area (Å²) in [6, 6.07) is 4.12. The van der Waals surface area contributed by atoms with Crippen LogP contribution in [0.4, 0.5) is 0 Å². The van der Waals surface area contributed by atoms with E-state index in [1.54, 1.807) is 7.11 Å². The van der Waals surface area contributed by atoms with E-state index in [2.05, 4.69) is 0 Å². The van der Waals surface area contributed by atoms with Gasteiger partial charge in [-0.2, -0.15) is 0 Å². The number of phenols is 1. The van der Waals surface area contributed by atoms with Crippen molar-refractivity contribution >= 4 is 27.6 Å². The van der Waals surface area contributed by atoms with Crippen LogP contribution in [-0.4, -0.2) is 53.3 Å². The van der Waals surface area contributed by atoms with E-state index in [-0.39, 0.29) is 9.32 Å². The van der Waals surface area contributed by atoms with Gasteiger partial charge in [-0.25, -0.2) is 10.7 Å². The van der Waals surface area contributed by atoms with Gasteiger partial charge in [-0.1, -0.05) is 0 Å². The minimum Gasteiger partial charge on any atom is -0.507 e. The third kappa shape index (κ3) is 13.3. The Morgan fingerprint density at radius 2 is 1.65 bits per heavy atom. The predicted molar refractivity (Wildman–Crippen MR) is 84.6 cm³/mol. The molecule has 1 aromatic carbocycles. The molecule has 0 unspecified atom stereocenters. The Morgan fingerprint density at radius 1 is 1.09 bits per heavy atom. The molecule has 0 aromatic heterocycles. The summed E-state index contributed by atoms with van der Waals surface area (Å²) in [4.78, 5) is 21.6. The molecule has 1 aromatic rings. The van der Waals surface area contributed by atoms with Crippen LogP contribution < -0.4 is 4.74 Å². The molecule has 0 aliphatic heterocycles. The van der Waals surface area contributed by atoms with E-state index >= 15 is 0 Å². The normalized spacial score (nSPS) is 11.0. The van der Waals surface area contributed by atoms with Crippen molar-refractivity contribution in [2.45, 2.75) is 0 Å². The second-order valence-corrected chi connectivity index (χ2v) is 7.23. The molecule has 0 bridgehead atoms. The molecular weight excluding hydrogens is 450 g/mol. The van der Waals surface area contributed by atoms with Gasteiger partial charge in [0.2, 0.25) is 0 Å². The molecule has 0 spiro atoms. The highest BCUT2D eigenvalue weighted by molar-refractivity contribution is 14.2. The maximum atomic E-state index is 10.8. The summed E-state index contributed by atoms with van der Waals surface area (Å²) in [6.45, 7) is 1.73. The molecule has 134 valence electrons. The van der Waals surface area contributed by atoms with E-state index in [4.69, 9.17) is 33.5 Å². The topological polar surface area (TPSA) is 160 Å². The van der Waals surface area contributed by atoms with Crippen molar-refractivity contribution in [3.05, 3.63) is 21.8 Å². The van der Waals surface area contributed by atoms with Gasteiger partial charge in [0.15, 0.2) is 0 Å². The molecule has 0 saturated heterocycles. The lowest BCUT2D eigenvalue weighted by Gasteiger charge is -2.07. The fraction of sp³-hybridized carbons (Fsp3) is 0.455. The minimum absolute atomic E-state index is 0.0251. The summed E-state index contributed by atoms with van der Waals surface area (Å²) < 4.78 is 45.7. The van der Waals surface area contributed by atoms with Crippen LogP contribution >= 0.6 is 27.6 Å². The summed E-state index contributed by atoms with van der Waals surface area (Å²) in [5, 5.41) is 9.45. The predicted octanol–water partition coefficient (Wildman–Crippen LogP) is 0.872. The van der Waals surface area contributed by atoms with E-state index in [1.807, 2.05) is 0 Å². The summed E-state index contributed by atoms with van der Waals surface area (Å²) in [7, 11) is -3.05. The first-order chi connectivity index (χ1) is 10.6. The number of phenolic OH excluding ortho intramolecular Hbond substituents is 1. The minimum atomic E-state index is -4.64. The Hall–Kier alpha value is -0.820. The summed E-state index contributed by atoms with van der Waals surface area (Å²) >= 11 is -3.64. The number of aromatic hydroxyl groups is 1. The van der Waals surface area contributed by atoms with Crippen LogP contribution in [0.3, 0.4) is 0 Å². The number of benzene rings is 1. The first kappa shape index (κ1) is 22.2. The maximum absolute atomic E-state index is 10.8. The lowest BCUT2D eigenvalue weighted by molar-refractivity contribution is 0.0544. The fourth-order valence-corrected chi connectivity index (χ4v) is 2.26. The van der Waals surface area contributed by atoms with E-state index < -0.39 is 27.6 Å². The van der Waals surface area contributed by atoms with Gasteiger partial charge in [0, 0.05) is 13.2 Å². The Kier molecular flexibility index (Phi) is 11.3. The molecule has 0 saturated carbocycles. The zero-order chi connectivity index (χ0) is 17.9. The Bertz CT molecular complexity index is 566. The van der Waals surface area contributed by atoms with Crippen molar-refractivity contribution in [2.24, 2.45) is 0 Å². The summed E-state index contributed by atoms with van der Waals surface area (Å²) in [6.07, 6.45) is 0. The molecule has 0 fully saturated rings. The van der Waals surface area contributed by atoms with Gasteiger partial charge in [-0.15, -0.1) is 0 Å². The Morgan fingerprint density at radius 3 is 2.13 bits per heavy atom. The maximum Gasteiger partial charge on any atom is 0.466 e. The molecule has 12 heteroatoms. The quantitative estimate of drug-likeness (QED) is 0.245. The van der Waals surface area contributed by atoms with Gasteiger partial charge in [-0.3, -0.25) is 0 Å². The first-order valence-electron chi connectivity index (χ1n) is 6.01. The van der Waals surface area contributed by atoms with Crippen molar-refractivity contribution in [3.8, 4) is 11.5 Å². The molecule has 0 aliphatic rings. The number of rotatable bonds is 8. The number of hydrogen-bond donors (Lipinski definition) is 4. The molecule has 0 heterocycles. The van der Waals surface area contributed by atoms with Crippen LogP contribution in [0.15, 0.2) is 18.2 Å². The van der Waals surface area contributed by atoms with Crippen molar-refractivity contribution in [3.63, 3.8) is 0 Å². The van der Waals surface area contributed by atoms with Crippen molar-refractivity contribution < 1.29 is 44.7 Å². The molecule has 0 atom stereocenters. The molecule has 0 radical (unpaired) electrons. The number of methoxy groups -OCH3 is 1. The fourth-order valence-electron chi connectivity index (χ4n) is 1.18. The molecule has 23 heavy (non-hydrogen) atoms. The first-order valence-corrected chi connectivity index (χ1v) is 10.4. The van der Waals surface area contributed by atoms with Gasteiger partial charge in [0.05, 0.1) is 19.8 Å². The monoisotopic (exact) mass is 468 g/mol. The average Bonchev–Trinajstić information content (AvgIpc) is 2.40. The number of hydrogen-bond acceptors (Lipinski definition) is 7. The van der Waals surface area contributed by atoms with E-state index in [0.29, 0.717) is 32.2 Å². The van der Waals surface area contributed by atoms with Gasteiger partial charge in [0.25, 0.3) is 0 Å². The lowest BCUT2D eigenvalue weighted by atomic mass is 10.3. The van der Waals surface area contributed by atoms with Crippen LogP contribution in [0.2, 0.25) is 0 Å². The second-order valence-electron chi connectivity index (χ2n) is 3.80. The highest BCUT2D eigenvalue weighted by Crippen LogP contribution is 2.30. The van der Waals surface area contributed by atoms with Gasteiger partial charge in [-0.05, 0) is 12.1 Å². The molecule has 1 rings (SSSR count). The van der Waals surface area contributed by atoms with Crippen LogP contribution in [0.1, 0.15) is 0 Å². The average molecular weight is 468 g/mol. The highest BCUT2D eigenvalue weighted by Gasteiger charge is 2.07. The largest absolute Gasteiger partial charge is 0.507 e. The number of halogens is 1. The van der Waals surface area contributed by atoms with Crippen molar-refractivity contribution in [1.29, 1.82) is 0 Å². The standard InChI is InChI=1S/C11H15IO6.H3O4P/c1-16-4-5-17-6-7-18-9-2-3-10(12(14)15)11(13)8-9;1-5(2,3)4/h2-3,8,13H,4-7H2,1H3;(H3,1,2,3,4). The van der Waals surface area contributed by atoms with Crippen LogP contribution in [0, 0.1) is 3.57 Å². The zero-order valence-corrected chi connectivity index (χ0v) is 15.2. The van der Waals surface area contributed by atoms with E-state index in [1.165, 1.54) is 18.2 Å². The smallest absolute Gasteiger partial charge is 0.466 e. The Balaban J connectivity index is 0.000000841. The zero-order valence-electron chi connectivity index (χ0n) is 12.1. The van der Waals surface area contributed by atoms with E-state index in [9.17, 15) is 11.2 Å².